The molecule has 2 aromatic carbocycles. The van der Waals surface area contributed by atoms with Gasteiger partial charge in [0.15, 0.2) is 5.13 Å². The van der Waals surface area contributed by atoms with Gasteiger partial charge in [-0.2, -0.15) is 0 Å². The predicted octanol–water partition coefficient (Wildman–Crippen LogP) is 5.57. The molecule has 0 aliphatic carbocycles. The minimum atomic E-state index is -0.733. The van der Waals surface area contributed by atoms with E-state index in [9.17, 15) is 4.79 Å². The Labute approximate surface area is 168 Å². The number of hydrogen-bond acceptors (Lipinski definition) is 4. The van der Waals surface area contributed by atoms with Gasteiger partial charge in [-0.1, -0.05) is 42.5 Å². The first-order valence-electron chi connectivity index (χ1n) is 8.93. The van der Waals surface area contributed by atoms with Crippen molar-refractivity contribution in [2.45, 2.75) is 19.2 Å². The molecular weight excluding hydrogens is 378 g/mol. The lowest BCUT2D eigenvalue weighted by molar-refractivity contribution is -0.116. The van der Waals surface area contributed by atoms with Crippen LogP contribution in [0.4, 0.5) is 10.8 Å². The van der Waals surface area contributed by atoms with Gasteiger partial charge in [-0.15, -0.1) is 22.9 Å². The van der Waals surface area contributed by atoms with Gasteiger partial charge in [-0.25, -0.2) is 4.98 Å². The number of carbonyl (C=O) groups excluding carboxylic acids is 1. The van der Waals surface area contributed by atoms with Crippen LogP contribution in [-0.2, 0) is 4.79 Å². The molecule has 0 saturated heterocycles. The fraction of sp³-hybridized carbons (Fsp3) is 0.238. The summed E-state index contributed by atoms with van der Waals surface area (Å²) >= 11 is 7.94. The number of nitrogens with zero attached hydrogens (tertiary/aromatic N) is 2. The van der Waals surface area contributed by atoms with Crippen molar-refractivity contribution in [2.75, 3.05) is 23.3 Å². The summed E-state index contributed by atoms with van der Waals surface area (Å²) in [5, 5.41) is 5.22. The monoisotopic (exact) mass is 399 g/mol. The lowest BCUT2D eigenvalue weighted by atomic mass is 10.1. The van der Waals surface area contributed by atoms with Crippen LogP contribution in [0.25, 0.3) is 11.3 Å². The molecule has 1 aromatic heterocycles. The van der Waals surface area contributed by atoms with Gasteiger partial charge < -0.3 is 10.2 Å². The van der Waals surface area contributed by atoms with E-state index in [2.05, 4.69) is 24.1 Å². The second-order valence-electron chi connectivity index (χ2n) is 6.03. The van der Waals surface area contributed by atoms with Gasteiger partial charge in [0.2, 0.25) is 5.91 Å². The van der Waals surface area contributed by atoms with E-state index in [0.717, 1.165) is 35.0 Å². The molecule has 1 amide bonds. The topological polar surface area (TPSA) is 45.2 Å². The number of rotatable bonds is 7. The molecule has 3 aromatic rings. The minimum Gasteiger partial charge on any atom is -0.349 e. The van der Waals surface area contributed by atoms with Crippen LogP contribution in [0.3, 0.4) is 0 Å². The third-order valence-electron chi connectivity index (χ3n) is 4.27. The van der Waals surface area contributed by atoms with Crippen LogP contribution in [0, 0.1) is 0 Å². The fourth-order valence-corrected chi connectivity index (χ4v) is 3.94. The summed E-state index contributed by atoms with van der Waals surface area (Å²) < 4.78 is 0. The zero-order chi connectivity index (χ0) is 19.2. The Bertz CT molecular complexity index is 893. The van der Waals surface area contributed by atoms with Crippen molar-refractivity contribution in [2.24, 2.45) is 0 Å². The van der Waals surface area contributed by atoms with Crippen molar-refractivity contribution >= 4 is 39.7 Å². The predicted molar refractivity (Wildman–Crippen MR) is 115 cm³/mol. The second-order valence-corrected chi connectivity index (χ2v) is 7.30. The fourth-order valence-electron chi connectivity index (χ4n) is 2.77. The zero-order valence-corrected chi connectivity index (χ0v) is 16.9. The Morgan fingerprint density at radius 3 is 2.59 bits per heavy atom. The van der Waals surface area contributed by atoms with Gasteiger partial charge >= 0.3 is 0 Å². The molecule has 0 aliphatic rings. The summed E-state index contributed by atoms with van der Waals surface area (Å²) in [6, 6.07) is 17.0. The zero-order valence-electron chi connectivity index (χ0n) is 15.4. The average molecular weight is 400 g/mol. The average Bonchev–Trinajstić information content (AvgIpc) is 3.19. The first kappa shape index (κ1) is 19.4. The number of benzene rings is 2. The van der Waals surface area contributed by atoms with E-state index in [-0.39, 0.29) is 5.91 Å². The highest BCUT2D eigenvalue weighted by atomic mass is 35.5. The smallest absolute Gasteiger partial charge is 0.246 e. The van der Waals surface area contributed by atoms with E-state index < -0.39 is 5.38 Å². The van der Waals surface area contributed by atoms with Gasteiger partial charge in [-0.05, 0) is 31.5 Å². The number of anilines is 2. The molecule has 140 valence electrons. The van der Waals surface area contributed by atoms with Gasteiger partial charge in [0.1, 0.15) is 5.38 Å². The molecule has 6 heteroatoms. The third-order valence-corrected chi connectivity index (χ3v) is 5.63. The molecule has 0 fully saturated rings. The van der Waals surface area contributed by atoms with E-state index in [1.807, 2.05) is 60.0 Å². The van der Waals surface area contributed by atoms with E-state index in [1.165, 1.54) is 0 Å². The van der Waals surface area contributed by atoms with Crippen LogP contribution in [0.1, 0.15) is 24.8 Å². The van der Waals surface area contributed by atoms with Gasteiger partial charge in [0.25, 0.3) is 0 Å². The summed E-state index contributed by atoms with van der Waals surface area (Å²) in [6.45, 7) is 6.10. The molecule has 0 spiro atoms. The maximum Gasteiger partial charge on any atom is 0.246 e. The standard InChI is InChI=1S/C21H22ClN3OS/c1-3-25(4-2)21-24-18(14-27-21)16-11-8-12-17(13-16)23-20(26)19(22)15-9-6-5-7-10-15/h5-14,19H,3-4H2,1-2H3,(H,23,26)/t19-/m0/s1. The van der Waals surface area contributed by atoms with Gasteiger partial charge in [0.05, 0.1) is 5.69 Å². The maximum atomic E-state index is 12.5. The summed E-state index contributed by atoms with van der Waals surface area (Å²) in [5.41, 5.74) is 3.35. The Balaban J connectivity index is 1.75. The van der Waals surface area contributed by atoms with Crippen LogP contribution in [0.5, 0.6) is 0 Å². The van der Waals surface area contributed by atoms with Crippen molar-refractivity contribution in [1.82, 2.24) is 4.98 Å². The SMILES string of the molecule is CCN(CC)c1nc(-c2cccc(NC(=O)[C@@H](Cl)c3ccccc3)c2)cs1. The molecule has 1 heterocycles. The Kier molecular flexibility index (Phi) is 6.48. The summed E-state index contributed by atoms with van der Waals surface area (Å²) in [4.78, 5) is 19.4. The van der Waals surface area contributed by atoms with Crippen molar-refractivity contribution in [3.63, 3.8) is 0 Å². The Hall–Kier alpha value is -2.37. The highest BCUT2D eigenvalue weighted by Crippen LogP contribution is 2.29. The van der Waals surface area contributed by atoms with E-state index in [4.69, 9.17) is 16.6 Å². The lowest BCUT2D eigenvalue weighted by Gasteiger charge is -2.16. The largest absolute Gasteiger partial charge is 0.349 e. The van der Waals surface area contributed by atoms with E-state index in [1.54, 1.807) is 11.3 Å². The third kappa shape index (κ3) is 4.67. The molecule has 27 heavy (non-hydrogen) atoms. The lowest BCUT2D eigenvalue weighted by Crippen LogP contribution is -2.21. The number of thiazole rings is 1. The molecule has 0 bridgehead atoms. The van der Waals surface area contributed by atoms with Crippen LogP contribution in [-0.4, -0.2) is 24.0 Å². The first-order valence-corrected chi connectivity index (χ1v) is 10.2. The quantitative estimate of drug-likeness (QED) is 0.528. The van der Waals surface area contributed by atoms with Crippen molar-refractivity contribution in [3.8, 4) is 11.3 Å². The minimum absolute atomic E-state index is 0.248. The van der Waals surface area contributed by atoms with Crippen LogP contribution in [0.15, 0.2) is 60.0 Å². The van der Waals surface area contributed by atoms with Crippen LogP contribution in [0.2, 0.25) is 0 Å². The number of carbonyl (C=O) groups is 1. The maximum absolute atomic E-state index is 12.5. The van der Waals surface area contributed by atoms with E-state index in [0.29, 0.717) is 5.69 Å². The van der Waals surface area contributed by atoms with Gasteiger partial charge in [-0.3, -0.25) is 4.79 Å². The molecule has 0 unspecified atom stereocenters. The number of halogens is 1. The van der Waals surface area contributed by atoms with Crippen LogP contribution >= 0.6 is 22.9 Å². The molecule has 3 rings (SSSR count). The first-order chi connectivity index (χ1) is 13.1. The normalized spacial score (nSPS) is 11.8. The van der Waals surface area contributed by atoms with Crippen molar-refractivity contribution in [3.05, 3.63) is 65.5 Å². The van der Waals surface area contributed by atoms with Crippen molar-refractivity contribution in [1.29, 1.82) is 0 Å². The van der Waals surface area contributed by atoms with Gasteiger partial charge in [0, 0.05) is 29.7 Å². The number of amides is 1. The Morgan fingerprint density at radius 2 is 1.89 bits per heavy atom. The summed E-state index contributed by atoms with van der Waals surface area (Å²) in [7, 11) is 0. The molecule has 1 atom stereocenters. The summed E-state index contributed by atoms with van der Waals surface area (Å²) in [5.74, 6) is -0.248. The number of nitrogens with one attached hydrogen (secondary N) is 1. The molecule has 1 N–H and O–H groups in total. The molecular formula is C21H22ClN3OS. The number of alkyl halides is 1. The molecule has 0 saturated carbocycles. The highest BCUT2D eigenvalue weighted by Gasteiger charge is 2.18. The Morgan fingerprint density at radius 1 is 1.15 bits per heavy atom. The highest BCUT2D eigenvalue weighted by molar-refractivity contribution is 7.14. The number of aromatic nitrogens is 1. The molecule has 4 nitrogen and oxygen atoms in total. The molecule has 0 radical (unpaired) electrons. The number of hydrogen-bond donors (Lipinski definition) is 1. The van der Waals surface area contributed by atoms with Crippen LogP contribution < -0.4 is 10.2 Å². The molecule has 0 aliphatic heterocycles. The van der Waals surface area contributed by atoms with Crippen molar-refractivity contribution < 1.29 is 4.79 Å². The summed E-state index contributed by atoms with van der Waals surface area (Å²) in [6.07, 6.45) is 0. The second kappa shape index (κ2) is 9.02. The van der Waals surface area contributed by atoms with E-state index >= 15 is 0 Å².